The molecule has 0 aromatic heterocycles. The van der Waals surface area contributed by atoms with Gasteiger partial charge in [0.15, 0.2) is 0 Å². The monoisotopic (exact) mass is 311 g/mol. The van der Waals surface area contributed by atoms with Gasteiger partial charge in [0.2, 0.25) is 0 Å². The molecular formula is C19H25N3O. The third kappa shape index (κ3) is 4.74. The standard InChI is InChI=1S/C19H25N3O/c1-4-22(5-2)18-12-10-16(11-13-18)14-20-21-15-17-8-6-7-9-19(17)23-3/h6-14,21H,4-5,15H2,1-3H3/b20-14-. The second kappa shape index (κ2) is 8.83. The molecule has 0 aliphatic heterocycles. The Morgan fingerprint density at radius 2 is 1.74 bits per heavy atom. The second-order valence-electron chi connectivity index (χ2n) is 5.17. The predicted octanol–water partition coefficient (Wildman–Crippen LogP) is 3.67. The van der Waals surface area contributed by atoms with E-state index in [2.05, 4.69) is 53.5 Å². The molecule has 0 aliphatic rings. The lowest BCUT2D eigenvalue weighted by atomic mass is 10.2. The van der Waals surface area contributed by atoms with Crippen LogP contribution in [0.15, 0.2) is 53.6 Å². The van der Waals surface area contributed by atoms with Gasteiger partial charge in [-0.25, -0.2) is 0 Å². The fraction of sp³-hybridized carbons (Fsp3) is 0.316. The van der Waals surface area contributed by atoms with Gasteiger partial charge in [-0.1, -0.05) is 30.3 Å². The topological polar surface area (TPSA) is 36.9 Å². The van der Waals surface area contributed by atoms with Crippen LogP contribution in [0.3, 0.4) is 0 Å². The smallest absolute Gasteiger partial charge is 0.123 e. The number of nitrogens with zero attached hydrogens (tertiary/aromatic N) is 2. The zero-order chi connectivity index (χ0) is 16.5. The van der Waals surface area contributed by atoms with E-state index in [1.165, 1.54) is 5.69 Å². The van der Waals surface area contributed by atoms with Crippen molar-refractivity contribution in [1.82, 2.24) is 5.43 Å². The summed E-state index contributed by atoms with van der Waals surface area (Å²) in [4.78, 5) is 2.32. The quantitative estimate of drug-likeness (QED) is 0.597. The van der Waals surface area contributed by atoms with Crippen molar-refractivity contribution in [2.75, 3.05) is 25.1 Å². The van der Waals surface area contributed by atoms with Crippen molar-refractivity contribution >= 4 is 11.9 Å². The molecular weight excluding hydrogens is 286 g/mol. The van der Waals surface area contributed by atoms with E-state index in [0.717, 1.165) is 30.0 Å². The lowest BCUT2D eigenvalue weighted by Crippen LogP contribution is -2.21. The number of hydrogen-bond acceptors (Lipinski definition) is 4. The van der Waals surface area contributed by atoms with Gasteiger partial charge in [0.1, 0.15) is 5.75 Å². The van der Waals surface area contributed by atoms with E-state index in [4.69, 9.17) is 4.74 Å². The van der Waals surface area contributed by atoms with Crippen LogP contribution < -0.4 is 15.1 Å². The van der Waals surface area contributed by atoms with Crippen molar-refractivity contribution in [3.05, 3.63) is 59.7 Å². The van der Waals surface area contributed by atoms with Crippen LogP contribution in [0, 0.1) is 0 Å². The van der Waals surface area contributed by atoms with Crippen LogP contribution in [0.25, 0.3) is 0 Å². The molecule has 2 aromatic rings. The summed E-state index contributed by atoms with van der Waals surface area (Å²) in [5, 5.41) is 4.28. The number of nitrogens with one attached hydrogen (secondary N) is 1. The van der Waals surface area contributed by atoms with Crippen LogP contribution in [0.5, 0.6) is 5.75 Å². The molecule has 0 amide bonds. The molecule has 0 fully saturated rings. The first-order valence-corrected chi connectivity index (χ1v) is 8.01. The van der Waals surface area contributed by atoms with Gasteiger partial charge < -0.3 is 15.1 Å². The van der Waals surface area contributed by atoms with Crippen molar-refractivity contribution in [1.29, 1.82) is 0 Å². The molecule has 0 atom stereocenters. The number of benzene rings is 2. The fourth-order valence-electron chi connectivity index (χ4n) is 2.46. The molecule has 0 unspecified atom stereocenters. The minimum absolute atomic E-state index is 0.637. The maximum Gasteiger partial charge on any atom is 0.123 e. The lowest BCUT2D eigenvalue weighted by molar-refractivity contribution is 0.408. The Hall–Kier alpha value is -2.49. The molecule has 0 saturated carbocycles. The Labute approximate surface area is 138 Å². The van der Waals surface area contributed by atoms with Gasteiger partial charge in [0.25, 0.3) is 0 Å². The molecule has 0 aliphatic carbocycles. The first-order valence-electron chi connectivity index (χ1n) is 8.01. The maximum absolute atomic E-state index is 5.32. The fourth-order valence-corrected chi connectivity index (χ4v) is 2.46. The molecule has 4 heteroatoms. The van der Waals surface area contributed by atoms with Crippen LogP contribution in [0.4, 0.5) is 5.69 Å². The molecule has 0 bridgehead atoms. The van der Waals surface area contributed by atoms with E-state index in [1.807, 2.05) is 30.5 Å². The summed E-state index contributed by atoms with van der Waals surface area (Å²) >= 11 is 0. The number of anilines is 1. The van der Waals surface area contributed by atoms with Crippen LogP contribution in [-0.4, -0.2) is 26.4 Å². The molecule has 2 rings (SSSR count). The highest BCUT2D eigenvalue weighted by Crippen LogP contribution is 2.16. The summed E-state index contributed by atoms with van der Waals surface area (Å²) in [6.45, 7) is 7.01. The zero-order valence-corrected chi connectivity index (χ0v) is 14.1. The molecule has 4 nitrogen and oxygen atoms in total. The van der Waals surface area contributed by atoms with Crippen molar-refractivity contribution in [2.24, 2.45) is 5.10 Å². The van der Waals surface area contributed by atoms with Gasteiger partial charge in [-0.05, 0) is 37.6 Å². The SMILES string of the molecule is CCN(CC)c1ccc(/C=N\NCc2ccccc2OC)cc1. The number of rotatable bonds is 8. The van der Waals surface area contributed by atoms with Gasteiger partial charge in [-0.15, -0.1) is 0 Å². The average Bonchev–Trinajstić information content (AvgIpc) is 2.61. The van der Waals surface area contributed by atoms with Gasteiger partial charge in [0, 0.05) is 24.3 Å². The molecule has 1 N–H and O–H groups in total. The number of ether oxygens (including phenoxy) is 1. The van der Waals surface area contributed by atoms with E-state index >= 15 is 0 Å². The highest BCUT2D eigenvalue weighted by atomic mass is 16.5. The molecule has 122 valence electrons. The highest BCUT2D eigenvalue weighted by Gasteiger charge is 2.01. The number of methoxy groups -OCH3 is 1. The highest BCUT2D eigenvalue weighted by molar-refractivity contribution is 5.80. The minimum Gasteiger partial charge on any atom is -0.496 e. The Bertz CT molecular complexity index is 619. The molecule has 0 heterocycles. The molecule has 2 aromatic carbocycles. The first-order chi connectivity index (χ1) is 11.3. The van der Waals surface area contributed by atoms with Crippen molar-refractivity contribution in [3.63, 3.8) is 0 Å². The van der Waals surface area contributed by atoms with Crippen LogP contribution in [0.2, 0.25) is 0 Å². The summed E-state index contributed by atoms with van der Waals surface area (Å²) in [7, 11) is 1.68. The van der Waals surface area contributed by atoms with Crippen molar-refractivity contribution in [2.45, 2.75) is 20.4 Å². The molecule has 0 spiro atoms. The van der Waals surface area contributed by atoms with Crippen LogP contribution in [0.1, 0.15) is 25.0 Å². The summed E-state index contributed by atoms with van der Waals surface area (Å²) in [5.74, 6) is 0.874. The second-order valence-corrected chi connectivity index (χ2v) is 5.17. The Morgan fingerprint density at radius 1 is 1.04 bits per heavy atom. The summed E-state index contributed by atoms with van der Waals surface area (Å²) < 4.78 is 5.32. The van der Waals surface area contributed by atoms with E-state index in [9.17, 15) is 0 Å². The maximum atomic E-state index is 5.32. The number of hydrazone groups is 1. The Balaban J connectivity index is 1.91. The molecule has 0 saturated heterocycles. The predicted molar refractivity (Wildman–Crippen MR) is 97.4 cm³/mol. The van der Waals surface area contributed by atoms with Gasteiger partial charge in [-0.2, -0.15) is 5.10 Å². The Kier molecular flexibility index (Phi) is 6.48. The molecule has 23 heavy (non-hydrogen) atoms. The van der Waals surface area contributed by atoms with Crippen molar-refractivity contribution in [3.8, 4) is 5.75 Å². The van der Waals surface area contributed by atoms with E-state index in [0.29, 0.717) is 6.54 Å². The van der Waals surface area contributed by atoms with E-state index in [1.54, 1.807) is 7.11 Å². The van der Waals surface area contributed by atoms with Crippen LogP contribution in [-0.2, 0) is 6.54 Å². The van der Waals surface area contributed by atoms with E-state index < -0.39 is 0 Å². The summed E-state index contributed by atoms with van der Waals surface area (Å²) in [6, 6.07) is 16.4. The largest absolute Gasteiger partial charge is 0.496 e. The Morgan fingerprint density at radius 3 is 2.39 bits per heavy atom. The number of hydrogen-bond donors (Lipinski definition) is 1. The summed E-state index contributed by atoms with van der Waals surface area (Å²) in [6.07, 6.45) is 1.83. The minimum atomic E-state index is 0.637. The van der Waals surface area contributed by atoms with Crippen molar-refractivity contribution < 1.29 is 4.74 Å². The summed E-state index contributed by atoms with van der Waals surface area (Å²) in [5.41, 5.74) is 6.47. The third-order valence-corrected chi connectivity index (χ3v) is 3.79. The van der Waals surface area contributed by atoms with Gasteiger partial charge in [-0.3, -0.25) is 0 Å². The average molecular weight is 311 g/mol. The molecule has 0 radical (unpaired) electrons. The van der Waals surface area contributed by atoms with E-state index in [-0.39, 0.29) is 0 Å². The zero-order valence-electron chi connectivity index (χ0n) is 14.1. The van der Waals surface area contributed by atoms with Crippen LogP contribution >= 0.6 is 0 Å². The lowest BCUT2D eigenvalue weighted by Gasteiger charge is -2.20. The number of para-hydroxylation sites is 1. The van der Waals surface area contributed by atoms with Gasteiger partial charge in [0.05, 0.1) is 19.9 Å². The van der Waals surface area contributed by atoms with Gasteiger partial charge >= 0.3 is 0 Å². The normalized spacial score (nSPS) is 10.7. The first kappa shape index (κ1) is 16.9. The third-order valence-electron chi connectivity index (χ3n) is 3.79.